The second-order valence-corrected chi connectivity index (χ2v) is 13.5. The molecule has 0 spiro atoms. The van der Waals surface area contributed by atoms with Gasteiger partial charge in [0.2, 0.25) is 0 Å². The number of rotatable bonds is 10. The van der Waals surface area contributed by atoms with Crippen LogP contribution < -0.4 is 0 Å². The fraction of sp³-hybridized carbons (Fsp3) is 0.450. The Labute approximate surface area is 252 Å². The summed E-state index contributed by atoms with van der Waals surface area (Å²) in [7, 11) is 0. The lowest BCUT2D eigenvalue weighted by Crippen LogP contribution is -2.28. The predicted octanol–water partition coefficient (Wildman–Crippen LogP) is 11.6. The van der Waals surface area contributed by atoms with Gasteiger partial charge in [-0.3, -0.25) is 0 Å². The first kappa shape index (κ1) is 34.3. The molecule has 2 aliphatic carbocycles. The lowest BCUT2D eigenvalue weighted by atomic mass is 9.71. The van der Waals surface area contributed by atoms with Crippen LogP contribution in [0.5, 0.6) is 0 Å². The van der Waals surface area contributed by atoms with Crippen molar-refractivity contribution >= 4 is 0 Å². The van der Waals surface area contributed by atoms with Crippen LogP contribution in [-0.2, 0) is 0 Å². The normalized spacial score (nSPS) is 23.5. The number of allylic oxidation sites excluding steroid dienone is 21. The summed E-state index contributed by atoms with van der Waals surface area (Å²) in [5.41, 5.74) is 10.9. The smallest absolute Gasteiger partial charge is 0.0585 e. The number of hydrogen-bond acceptors (Lipinski definition) is 1. The van der Waals surface area contributed by atoms with Crippen molar-refractivity contribution in [2.24, 2.45) is 10.8 Å². The molecular formula is C40H56O. The van der Waals surface area contributed by atoms with Crippen molar-refractivity contribution in [3.63, 3.8) is 0 Å². The molecule has 1 nitrogen and oxygen atoms in total. The summed E-state index contributed by atoms with van der Waals surface area (Å²) in [5, 5.41) is 10.1. The largest absolute Gasteiger partial charge is 0.393 e. The molecule has 1 atom stereocenters. The SMILES string of the molecule is CC1=C(/C=C/C(C)=C/C=C/C(C)=C\C=C\C=C(C)\C=C\C=C(C)\C=C\C2=C(C)C[C@H](O)CC2(C)C)C(C)(C)CCC1. The minimum absolute atomic E-state index is 0.0128. The summed E-state index contributed by atoms with van der Waals surface area (Å²) in [6.45, 7) is 22.2. The van der Waals surface area contributed by atoms with Crippen LogP contribution in [0.3, 0.4) is 0 Å². The fourth-order valence-corrected chi connectivity index (χ4v) is 5.96. The first-order valence-corrected chi connectivity index (χ1v) is 15.4. The van der Waals surface area contributed by atoms with Crippen LogP contribution in [-0.4, -0.2) is 11.2 Å². The van der Waals surface area contributed by atoms with E-state index in [1.165, 1.54) is 58.3 Å². The van der Waals surface area contributed by atoms with Crippen LogP contribution >= 0.6 is 0 Å². The van der Waals surface area contributed by atoms with Crippen LogP contribution in [0.2, 0.25) is 0 Å². The van der Waals surface area contributed by atoms with E-state index in [1.807, 2.05) is 0 Å². The third kappa shape index (κ3) is 11.9. The summed E-state index contributed by atoms with van der Waals surface area (Å²) in [5.74, 6) is 0. The van der Waals surface area contributed by atoms with Crippen LogP contribution in [0.15, 0.2) is 130 Å². The van der Waals surface area contributed by atoms with Crippen molar-refractivity contribution in [1.29, 1.82) is 0 Å². The van der Waals surface area contributed by atoms with Crippen molar-refractivity contribution in [3.05, 3.63) is 130 Å². The summed E-state index contributed by atoms with van der Waals surface area (Å²) in [6, 6.07) is 0. The molecule has 0 heterocycles. The zero-order valence-corrected chi connectivity index (χ0v) is 27.6. The molecule has 0 saturated carbocycles. The number of hydrogen-bond donors (Lipinski definition) is 1. The maximum absolute atomic E-state index is 10.1. The molecule has 0 fully saturated rings. The molecular weight excluding hydrogens is 496 g/mol. The van der Waals surface area contributed by atoms with Gasteiger partial charge in [-0.15, -0.1) is 0 Å². The van der Waals surface area contributed by atoms with Crippen molar-refractivity contribution in [3.8, 4) is 0 Å². The molecule has 0 aromatic heterocycles. The minimum atomic E-state index is -0.220. The second kappa shape index (κ2) is 15.9. The lowest BCUT2D eigenvalue weighted by molar-refractivity contribution is 0.116. The lowest BCUT2D eigenvalue weighted by Gasteiger charge is -2.35. The third-order valence-corrected chi connectivity index (χ3v) is 8.31. The molecule has 0 saturated heterocycles. The maximum atomic E-state index is 10.1. The van der Waals surface area contributed by atoms with Crippen LogP contribution in [0.25, 0.3) is 0 Å². The highest BCUT2D eigenvalue weighted by molar-refractivity contribution is 5.39. The summed E-state index contributed by atoms with van der Waals surface area (Å²) in [4.78, 5) is 0. The monoisotopic (exact) mass is 552 g/mol. The van der Waals surface area contributed by atoms with Crippen LogP contribution in [0.4, 0.5) is 0 Å². The van der Waals surface area contributed by atoms with Crippen LogP contribution in [0.1, 0.15) is 101 Å². The topological polar surface area (TPSA) is 20.2 Å². The molecule has 0 radical (unpaired) electrons. The Morgan fingerprint density at radius 2 is 1.07 bits per heavy atom. The predicted molar refractivity (Wildman–Crippen MR) is 183 cm³/mol. The summed E-state index contributed by atoms with van der Waals surface area (Å²) >= 11 is 0. The first-order valence-electron chi connectivity index (χ1n) is 15.4. The summed E-state index contributed by atoms with van der Waals surface area (Å²) in [6.07, 6.45) is 35.5. The molecule has 1 N–H and O–H groups in total. The maximum Gasteiger partial charge on any atom is 0.0585 e. The molecule has 0 aromatic carbocycles. The zero-order valence-electron chi connectivity index (χ0n) is 27.6. The standard InChI is InChI=1S/C40H56O/c1-30(18-13-20-32(3)23-25-37-34(5)22-15-27-39(37,7)8)16-11-12-17-31(2)19-14-21-33(4)24-26-38-35(6)28-36(41)29-40(38,9)10/h11-14,16-21,23-26,36,41H,15,22,27-29H2,1-10H3/b12-11+,18-13+,19-14+,25-23+,26-24+,30-16-,31-17+,32-20+,33-21+/t36-/m0/s1. The van der Waals surface area contributed by atoms with Gasteiger partial charge in [0.25, 0.3) is 0 Å². The molecule has 41 heavy (non-hydrogen) atoms. The second-order valence-electron chi connectivity index (χ2n) is 13.5. The Bertz CT molecular complexity index is 1250. The highest BCUT2D eigenvalue weighted by Crippen LogP contribution is 2.42. The van der Waals surface area contributed by atoms with E-state index in [1.54, 1.807) is 5.57 Å². The highest BCUT2D eigenvalue weighted by atomic mass is 16.3. The van der Waals surface area contributed by atoms with Gasteiger partial charge in [0.05, 0.1) is 6.10 Å². The van der Waals surface area contributed by atoms with Gasteiger partial charge >= 0.3 is 0 Å². The van der Waals surface area contributed by atoms with E-state index in [-0.39, 0.29) is 16.9 Å². The van der Waals surface area contributed by atoms with E-state index in [2.05, 4.69) is 154 Å². The van der Waals surface area contributed by atoms with E-state index in [0.29, 0.717) is 0 Å². The molecule has 0 aromatic rings. The van der Waals surface area contributed by atoms with Crippen molar-refractivity contribution in [2.45, 2.75) is 107 Å². The number of aliphatic hydroxyl groups excluding tert-OH is 1. The van der Waals surface area contributed by atoms with Gasteiger partial charge in [-0.2, -0.15) is 0 Å². The van der Waals surface area contributed by atoms with E-state index in [4.69, 9.17) is 0 Å². The molecule has 0 unspecified atom stereocenters. The van der Waals surface area contributed by atoms with Crippen molar-refractivity contribution in [1.82, 2.24) is 0 Å². The first-order chi connectivity index (χ1) is 19.2. The molecule has 1 heteroatoms. The van der Waals surface area contributed by atoms with E-state index in [9.17, 15) is 5.11 Å². The van der Waals surface area contributed by atoms with Crippen LogP contribution in [0, 0.1) is 10.8 Å². The molecule has 222 valence electrons. The molecule has 2 aliphatic rings. The Hall–Kier alpha value is -2.90. The molecule has 0 bridgehead atoms. The van der Waals surface area contributed by atoms with Crippen molar-refractivity contribution < 1.29 is 5.11 Å². The third-order valence-electron chi connectivity index (χ3n) is 8.31. The minimum Gasteiger partial charge on any atom is -0.393 e. The quantitative estimate of drug-likeness (QED) is 0.267. The van der Waals surface area contributed by atoms with Gasteiger partial charge in [0.1, 0.15) is 0 Å². The Kier molecular flexibility index (Phi) is 13.3. The number of aliphatic hydroxyl groups is 1. The van der Waals surface area contributed by atoms with Gasteiger partial charge in [-0.1, -0.05) is 146 Å². The molecule has 0 aliphatic heterocycles. The Balaban J connectivity index is 1.90. The molecule has 2 rings (SSSR count). The summed E-state index contributed by atoms with van der Waals surface area (Å²) < 4.78 is 0. The van der Waals surface area contributed by atoms with Gasteiger partial charge in [0.15, 0.2) is 0 Å². The van der Waals surface area contributed by atoms with Gasteiger partial charge in [0, 0.05) is 0 Å². The van der Waals surface area contributed by atoms with Crippen molar-refractivity contribution in [2.75, 3.05) is 0 Å². The van der Waals surface area contributed by atoms with E-state index >= 15 is 0 Å². The Morgan fingerprint density at radius 1 is 0.634 bits per heavy atom. The van der Waals surface area contributed by atoms with Gasteiger partial charge in [-0.05, 0) is 95.6 Å². The highest BCUT2D eigenvalue weighted by Gasteiger charge is 2.31. The van der Waals surface area contributed by atoms with Gasteiger partial charge < -0.3 is 5.11 Å². The average molecular weight is 553 g/mol. The zero-order chi connectivity index (χ0) is 30.6. The van der Waals surface area contributed by atoms with E-state index < -0.39 is 0 Å². The average Bonchev–Trinajstić information content (AvgIpc) is 2.84. The van der Waals surface area contributed by atoms with E-state index in [0.717, 1.165) is 12.8 Å². The Morgan fingerprint density at radius 3 is 1.54 bits per heavy atom. The molecule has 0 amide bonds. The van der Waals surface area contributed by atoms with Gasteiger partial charge in [-0.25, -0.2) is 0 Å². The fourth-order valence-electron chi connectivity index (χ4n) is 5.96.